The fourth-order valence-electron chi connectivity index (χ4n) is 2.88. The van der Waals surface area contributed by atoms with E-state index in [2.05, 4.69) is 17.1 Å². The summed E-state index contributed by atoms with van der Waals surface area (Å²) in [7, 11) is 1.63. The van der Waals surface area contributed by atoms with Crippen molar-refractivity contribution < 1.29 is 9.53 Å². The molecule has 0 fully saturated rings. The highest BCUT2D eigenvalue weighted by molar-refractivity contribution is 5.82. The van der Waals surface area contributed by atoms with Gasteiger partial charge in [-0.15, -0.1) is 10.2 Å². The van der Waals surface area contributed by atoms with Crippen molar-refractivity contribution in [1.82, 2.24) is 19.7 Å². The minimum absolute atomic E-state index is 0.123. The Hall–Kier alpha value is -2.37. The first-order valence-electron chi connectivity index (χ1n) is 7.52. The van der Waals surface area contributed by atoms with Gasteiger partial charge in [0.25, 0.3) is 0 Å². The van der Waals surface area contributed by atoms with E-state index < -0.39 is 0 Å². The number of carbonyl (C=O) groups excluding carboxylic acids is 1. The number of hydrogen-bond donors (Lipinski definition) is 0. The van der Waals surface area contributed by atoms with Gasteiger partial charge in [0.15, 0.2) is 11.6 Å². The van der Waals surface area contributed by atoms with E-state index >= 15 is 0 Å². The molecule has 0 aliphatic carbocycles. The number of aromatic nitrogens is 3. The fraction of sp³-hybridized carbons (Fsp3) is 0.438. The zero-order valence-electron chi connectivity index (χ0n) is 13.1. The van der Waals surface area contributed by atoms with Crippen LogP contribution in [-0.4, -0.2) is 39.2 Å². The Labute approximate surface area is 129 Å². The molecule has 1 atom stereocenters. The van der Waals surface area contributed by atoms with Crippen LogP contribution >= 0.6 is 0 Å². The molecule has 1 amide bonds. The third-order valence-electron chi connectivity index (χ3n) is 3.98. The maximum absolute atomic E-state index is 12.5. The van der Waals surface area contributed by atoms with Gasteiger partial charge in [0.1, 0.15) is 11.8 Å². The average Bonchev–Trinajstić information content (AvgIpc) is 2.96. The second-order valence-corrected chi connectivity index (χ2v) is 5.48. The molecule has 2 heterocycles. The molecule has 1 aliphatic heterocycles. The molecule has 0 saturated carbocycles. The summed E-state index contributed by atoms with van der Waals surface area (Å²) in [5.74, 6) is 2.43. The molecule has 1 aromatic carbocycles. The highest BCUT2D eigenvalue weighted by atomic mass is 16.5. The molecule has 0 radical (unpaired) electrons. The predicted octanol–water partition coefficient (Wildman–Crippen LogP) is 2.27. The van der Waals surface area contributed by atoms with Crippen molar-refractivity contribution in [2.24, 2.45) is 0 Å². The lowest BCUT2D eigenvalue weighted by Gasteiger charge is -2.31. The Morgan fingerprint density at radius 2 is 2.18 bits per heavy atom. The van der Waals surface area contributed by atoms with Gasteiger partial charge in [-0.2, -0.15) is 0 Å². The minimum Gasteiger partial charge on any atom is -0.497 e. The van der Waals surface area contributed by atoms with Crippen molar-refractivity contribution in [3.8, 4) is 17.1 Å². The van der Waals surface area contributed by atoms with Crippen LogP contribution in [0.2, 0.25) is 0 Å². The molecule has 0 spiro atoms. The van der Waals surface area contributed by atoms with E-state index in [9.17, 15) is 4.79 Å². The highest BCUT2D eigenvalue weighted by Crippen LogP contribution is 2.29. The minimum atomic E-state index is -0.286. The summed E-state index contributed by atoms with van der Waals surface area (Å²) in [6, 6.07) is 7.37. The van der Waals surface area contributed by atoms with Gasteiger partial charge in [-0.05, 0) is 25.5 Å². The van der Waals surface area contributed by atoms with Crippen LogP contribution in [0.25, 0.3) is 11.4 Å². The summed E-state index contributed by atoms with van der Waals surface area (Å²) >= 11 is 0. The lowest BCUT2D eigenvalue weighted by Crippen LogP contribution is -2.42. The number of fused-ring (bicyclic) bond motifs is 1. The molecule has 3 rings (SSSR count). The first kappa shape index (κ1) is 14.6. The second kappa shape index (κ2) is 5.79. The summed E-state index contributed by atoms with van der Waals surface area (Å²) in [5.41, 5.74) is 0.904. The monoisotopic (exact) mass is 300 g/mol. The molecule has 0 N–H and O–H groups in total. The lowest BCUT2D eigenvalue weighted by molar-refractivity contribution is -0.136. The molecule has 0 bridgehead atoms. The molecule has 1 aromatic heterocycles. The molecule has 116 valence electrons. The molecule has 1 aliphatic rings. The van der Waals surface area contributed by atoms with Crippen molar-refractivity contribution in [2.75, 3.05) is 13.7 Å². The van der Waals surface area contributed by atoms with Gasteiger partial charge < -0.3 is 9.64 Å². The summed E-state index contributed by atoms with van der Waals surface area (Å²) in [6.45, 7) is 5.25. The summed E-state index contributed by atoms with van der Waals surface area (Å²) in [6.07, 6.45) is 0.940. The van der Waals surface area contributed by atoms with Gasteiger partial charge in [-0.3, -0.25) is 9.36 Å². The molecule has 0 saturated heterocycles. The van der Waals surface area contributed by atoms with Gasteiger partial charge in [0.2, 0.25) is 5.91 Å². The Morgan fingerprint density at radius 3 is 2.91 bits per heavy atom. The van der Waals surface area contributed by atoms with Crippen LogP contribution in [0.15, 0.2) is 24.3 Å². The van der Waals surface area contributed by atoms with Crippen molar-refractivity contribution in [3.05, 3.63) is 30.1 Å². The second-order valence-electron chi connectivity index (χ2n) is 5.48. The van der Waals surface area contributed by atoms with Gasteiger partial charge in [-0.1, -0.05) is 19.1 Å². The molecular formula is C16H20N4O2. The van der Waals surface area contributed by atoms with Crippen LogP contribution in [0.4, 0.5) is 0 Å². The van der Waals surface area contributed by atoms with E-state index in [-0.39, 0.29) is 11.9 Å². The number of benzene rings is 1. The molecule has 0 unspecified atom stereocenters. The van der Waals surface area contributed by atoms with Gasteiger partial charge in [0, 0.05) is 12.1 Å². The SMILES string of the molecule is CCCN1Cc2nnc(-c3cccc(OC)c3)n2[C@H](C)C1=O. The topological polar surface area (TPSA) is 60.2 Å². The van der Waals surface area contributed by atoms with Gasteiger partial charge >= 0.3 is 0 Å². The molecule has 2 aromatic rings. The Balaban J connectivity index is 2.02. The molecule has 6 nitrogen and oxygen atoms in total. The van der Waals surface area contributed by atoms with Gasteiger partial charge in [-0.25, -0.2) is 0 Å². The van der Waals surface area contributed by atoms with Crippen molar-refractivity contribution >= 4 is 5.91 Å². The normalized spacial score (nSPS) is 17.5. The molecule has 22 heavy (non-hydrogen) atoms. The quantitative estimate of drug-likeness (QED) is 0.869. The number of carbonyl (C=O) groups is 1. The molecule has 6 heteroatoms. The van der Waals surface area contributed by atoms with E-state index in [0.29, 0.717) is 12.4 Å². The first-order valence-corrected chi connectivity index (χ1v) is 7.52. The average molecular weight is 300 g/mol. The fourth-order valence-corrected chi connectivity index (χ4v) is 2.88. The Morgan fingerprint density at radius 1 is 1.36 bits per heavy atom. The van der Waals surface area contributed by atoms with Crippen LogP contribution < -0.4 is 4.74 Å². The van der Waals surface area contributed by atoms with Crippen molar-refractivity contribution in [2.45, 2.75) is 32.9 Å². The number of ether oxygens (including phenoxy) is 1. The lowest BCUT2D eigenvalue weighted by atomic mass is 10.1. The Bertz CT molecular complexity index is 695. The summed E-state index contributed by atoms with van der Waals surface area (Å²) in [5, 5.41) is 8.59. The predicted molar refractivity (Wildman–Crippen MR) is 82.4 cm³/mol. The smallest absolute Gasteiger partial charge is 0.245 e. The summed E-state index contributed by atoms with van der Waals surface area (Å²) in [4.78, 5) is 14.4. The number of nitrogens with zero attached hydrogens (tertiary/aromatic N) is 4. The molecular weight excluding hydrogens is 280 g/mol. The van der Waals surface area contributed by atoms with E-state index in [1.165, 1.54) is 0 Å². The maximum atomic E-state index is 12.5. The van der Waals surface area contributed by atoms with Crippen LogP contribution in [0, 0.1) is 0 Å². The highest BCUT2D eigenvalue weighted by Gasteiger charge is 2.32. The number of hydrogen-bond acceptors (Lipinski definition) is 4. The van der Waals surface area contributed by atoms with E-state index in [0.717, 1.165) is 30.1 Å². The third-order valence-corrected chi connectivity index (χ3v) is 3.98. The maximum Gasteiger partial charge on any atom is 0.245 e. The van der Waals surface area contributed by atoms with Crippen LogP contribution in [0.3, 0.4) is 0 Å². The number of rotatable bonds is 4. The summed E-state index contributed by atoms with van der Waals surface area (Å²) < 4.78 is 7.20. The zero-order valence-corrected chi connectivity index (χ0v) is 13.1. The van der Waals surface area contributed by atoms with Crippen molar-refractivity contribution in [3.63, 3.8) is 0 Å². The first-order chi connectivity index (χ1) is 10.7. The largest absolute Gasteiger partial charge is 0.497 e. The number of amides is 1. The van der Waals surface area contributed by atoms with E-state index in [4.69, 9.17) is 4.74 Å². The van der Waals surface area contributed by atoms with Crippen LogP contribution in [-0.2, 0) is 11.3 Å². The van der Waals surface area contributed by atoms with Crippen LogP contribution in [0.5, 0.6) is 5.75 Å². The van der Waals surface area contributed by atoms with Crippen LogP contribution in [0.1, 0.15) is 32.1 Å². The standard InChI is InChI=1S/C16H20N4O2/c1-4-8-19-10-14-17-18-15(20(14)11(2)16(19)21)12-6-5-7-13(9-12)22-3/h5-7,9,11H,4,8,10H2,1-3H3/t11-/m1/s1. The Kier molecular flexibility index (Phi) is 3.83. The van der Waals surface area contributed by atoms with E-state index in [1.807, 2.05) is 40.7 Å². The third kappa shape index (κ3) is 2.34. The number of methoxy groups -OCH3 is 1. The zero-order chi connectivity index (χ0) is 15.7. The van der Waals surface area contributed by atoms with E-state index in [1.54, 1.807) is 7.11 Å². The van der Waals surface area contributed by atoms with Gasteiger partial charge in [0.05, 0.1) is 13.7 Å². The van der Waals surface area contributed by atoms with Crippen molar-refractivity contribution in [1.29, 1.82) is 0 Å².